The third-order valence-corrected chi connectivity index (χ3v) is 2.01. The Labute approximate surface area is 76.3 Å². The summed E-state index contributed by atoms with van der Waals surface area (Å²) in [7, 11) is 0. The Hall–Kier alpha value is -1.29. The summed E-state index contributed by atoms with van der Waals surface area (Å²) in [5.74, 6) is 1.15. The second-order valence-electron chi connectivity index (χ2n) is 2.97. The lowest BCUT2D eigenvalue weighted by molar-refractivity contribution is 0.0873. The summed E-state index contributed by atoms with van der Waals surface area (Å²) in [4.78, 5) is 6.82. The van der Waals surface area contributed by atoms with E-state index in [2.05, 4.69) is 9.97 Å². The van der Waals surface area contributed by atoms with Gasteiger partial charge in [-0.05, 0) is 18.9 Å². The molecule has 0 fully saturated rings. The number of H-pyrrole nitrogens is 1. The molecule has 2 N–H and O–H groups in total. The summed E-state index contributed by atoms with van der Waals surface area (Å²) in [5, 5.41) is 9.75. The SMILES string of the molecule is OC(C1=CCCCO1)c1ncc[nH]1. The molecule has 1 unspecified atom stereocenters. The number of hydrogen-bond acceptors (Lipinski definition) is 3. The van der Waals surface area contributed by atoms with Crippen LogP contribution in [0, 0.1) is 0 Å². The fraction of sp³-hybridized carbons (Fsp3) is 0.444. The van der Waals surface area contributed by atoms with Crippen molar-refractivity contribution in [2.24, 2.45) is 0 Å². The van der Waals surface area contributed by atoms with Crippen molar-refractivity contribution in [3.05, 3.63) is 30.1 Å². The van der Waals surface area contributed by atoms with E-state index >= 15 is 0 Å². The monoisotopic (exact) mass is 180 g/mol. The van der Waals surface area contributed by atoms with Crippen molar-refractivity contribution in [2.45, 2.75) is 18.9 Å². The first kappa shape index (κ1) is 8.31. The molecule has 0 spiro atoms. The minimum absolute atomic E-state index is 0.535. The van der Waals surface area contributed by atoms with Gasteiger partial charge in [0.25, 0.3) is 0 Å². The largest absolute Gasteiger partial charge is 0.495 e. The van der Waals surface area contributed by atoms with Crippen LogP contribution in [0.2, 0.25) is 0 Å². The van der Waals surface area contributed by atoms with E-state index in [0.29, 0.717) is 18.2 Å². The molecule has 13 heavy (non-hydrogen) atoms. The molecule has 0 aliphatic carbocycles. The Bertz CT molecular complexity index is 293. The minimum atomic E-state index is -0.740. The van der Waals surface area contributed by atoms with Crippen LogP contribution in [0.1, 0.15) is 24.8 Å². The van der Waals surface area contributed by atoms with Crippen LogP contribution < -0.4 is 0 Å². The van der Waals surface area contributed by atoms with Crippen LogP contribution in [0.5, 0.6) is 0 Å². The maximum atomic E-state index is 9.75. The molecule has 0 radical (unpaired) electrons. The Morgan fingerprint density at radius 1 is 1.62 bits per heavy atom. The van der Waals surface area contributed by atoms with Crippen LogP contribution in [0.4, 0.5) is 0 Å². The van der Waals surface area contributed by atoms with Crippen LogP contribution in [0.15, 0.2) is 24.2 Å². The molecule has 1 atom stereocenters. The van der Waals surface area contributed by atoms with E-state index in [1.165, 1.54) is 0 Å². The summed E-state index contributed by atoms with van der Waals surface area (Å²) in [6.45, 7) is 0.684. The number of aliphatic hydroxyl groups excluding tert-OH is 1. The summed E-state index contributed by atoms with van der Waals surface area (Å²) >= 11 is 0. The normalized spacial score (nSPS) is 19.0. The van der Waals surface area contributed by atoms with Gasteiger partial charge >= 0.3 is 0 Å². The molecule has 1 aliphatic heterocycles. The molecule has 0 aromatic carbocycles. The Morgan fingerprint density at radius 2 is 2.54 bits per heavy atom. The molecule has 0 amide bonds. The van der Waals surface area contributed by atoms with E-state index in [4.69, 9.17) is 4.74 Å². The minimum Gasteiger partial charge on any atom is -0.495 e. The molecule has 1 aromatic rings. The number of ether oxygens (including phenoxy) is 1. The van der Waals surface area contributed by atoms with E-state index < -0.39 is 6.10 Å². The van der Waals surface area contributed by atoms with E-state index in [-0.39, 0.29) is 0 Å². The molecule has 0 saturated heterocycles. The zero-order valence-corrected chi connectivity index (χ0v) is 7.23. The lowest BCUT2D eigenvalue weighted by Crippen LogP contribution is -2.10. The number of aliphatic hydroxyl groups is 1. The second-order valence-corrected chi connectivity index (χ2v) is 2.97. The number of hydrogen-bond donors (Lipinski definition) is 2. The van der Waals surface area contributed by atoms with Gasteiger partial charge < -0.3 is 14.8 Å². The van der Waals surface area contributed by atoms with Crippen molar-refractivity contribution in [1.82, 2.24) is 9.97 Å². The summed E-state index contributed by atoms with van der Waals surface area (Å²) < 4.78 is 5.31. The Morgan fingerprint density at radius 3 is 3.15 bits per heavy atom. The molecule has 2 heterocycles. The molecule has 4 nitrogen and oxygen atoms in total. The topological polar surface area (TPSA) is 58.1 Å². The highest BCUT2D eigenvalue weighted by molar-refractivity contribution is 5.10. The predicted molar refractivity (Wildman–Crippen MR) is 46.8 cm³/mol. The number of allylic oxidation sites excluding steroid dienone is 1. The van der Waals surface area contributed by atoms with Crippen LogP contribution in [0.3, 0.4) is 0 Å². The van der Waals surface area contributed by atoms with Crippen molar-refractivity contribution in [1.29, 1.82) is 0 Å². The van der Waals surface area contributed by atoms with Gasteiger partial charge in [0, 0.05) is 12.4 Å². The van der Waals surface area contributed by atoms with Gasteiger partial charge in [0.15, 0.2) is 6.10 Å². The number of imidazole rings is 1. The number of aromatic nitrogens is 2. The molecule has 1 aliphatic rings. The predicted octanol–water partition coefficient (Wildman–Crippen LogP) is 1.14. The van der Waals surface area contributed by atoms with Gasteiger partial charge in [0.2, 0.25) is 0 Å². The highest BCUT2D eigenvalue weighted by Crippen LogP contribution is 2.22. The summed E-state index contributed by atoms with van der Waals surface area (Å²) in [5.41, 5.74) is 0. The van der Waals surface area contributed by atoms with Crippen LogP contribution >= 0.6 is 0 Å². The summed E-state index contributed by atoms with van der Waals surface area (Å²) in [6, 6.07) is 0. The molecule has 2 rings (SSSR count). The highest BCUT2D eigenvalue weighted by Gasteiger charge is 2.18. The molecular weight excluding hydrogens is 168 g/mol. The fourth-order valence-corrected chi connectivity index (χ4v) is 1.33. The van der Waals surface area contributed by atoms with Gasteiger partial charge in [-0.1, -0.05) is 0 Å². The van der Waals surface area contributed by atoms with Gasteiger partial charge in [0.1, 0.15) is 11.6 Å². The van der Waals surface area contributed by atoms with Crippen molar-refractivity contribution < 1.29 is 9.84 Å². The molecule has 70 valence electrons. The van der Waals surface area contributed by atoms with Crippen LogP contribution in [-0.2, 0) is 4.74 Å². The highest BCUT2D eigenvalue weighted by atomic mass is 16.5. The van der Waals surface area contributed by atoms with Gasteiger partial charge in [-0.15, -0.1) is 0 Å². The number of nitrogens with zero attached hydrogens (tertiary/aromatic N) is 1. The van der Waals surface area contributed by atoms with Gasteiger partial charge in [-0.25, -0.2) is 4.98 Å². The fourth-order valence-electron chi connectivity index (χ4n) is 1.33. The first-order valence-electron chi connectivity index (χ1n) is 4.38. The van der Waals surface area contributed by atoms with Crippen molar-refractivity contribution >= 4 is 0 Å². The number of nitrogens with one attached hydrogen (secondary N) is 1. The Balaban J connectivity index is 2.12. The van der Waals surface area contributed by atoms with Crippen molar-refractivity contribution in [3.63, 3.8) is 0 Å². The van der Waals surface area contributed by atoms with Gasteiger partial charge in [0.05, 0.1) is 6.61 Å². The average molecular weight is 180 g/mol. The third kappa shape index (κ3) is 1.72. The lowest BCUT2D eigenvalue weighted by Gasteiger charge is -2.18. The quantitative estimate of drug-likeness (QED) is 0.717. The maximum Gasteiger partial charge on any atom is 0.168 e. The van der Waals surface area contributed by atoms with Crippen molar-refractivity contribution in [2.75, 3.05) is 6.61 Å². The third-order valence-electron chi connectivity index (χ3n) is 2.01. The van der Waals surface area contributed by atoms with E-state index in [0.717, 1.165) is 12.8 Å². The van der Waals surface area contributed by atoms with E-state index in [9.17, 15) is 5.11 Å². The lowest BCUT2D eigenvalue weighted by atomic mass is 10.2. The zero-order valence-electron chi connectivity index (χ0n) is 7.23. The van der Waals surface area contributed by atoms with Crippen molar-refractivity contribution in [3.8, 4) is 0 Å². The molecular formula is C9H12N2O2. The summed E-state index contributed by atoms with van der Waals surface area (Å²) in [6.07, 6.45) is 6.46. The molecule has 0 bridgehead atoms. The Kier molecular flexibility index (Phi) is 2.31. The molecule has 1 aromatic heterocycles. The van der Waals surface area contributed by atoms with Gasteiger partial charge in [-0.2, -0.15) is 0 Å². The molecule has 0 saturated carbocycles. The van der Waals surface area contributed by atoms with Gasteiger partial charge in [-0.3, -0.25) is 0 Å². The van der Waals surface area contributed by atoms with E-state index in [1.807, 2.05) is 6.08 Å². The maximum absolute atomic E-state index is 9.75. The first-order valence-corrected chi connectivity index (χ1v) is 4.38. The standard InChI is InChI=1S/C9H12N2O2/c12-8(9-10-4-5-11-9)7-3-1-2-6-13-7/h3-5,8,12H,1-2,6H2,(H,10,11). The van der Waals surface area contributed by atoms with E-state index in [1.54, 1.807) is 12.4 Å². The molecule has 4 heteroatoms. The number of aromatic amines is 1. The van der Waals surface area contributed by atoms with Crippen LogP contribution in [0.25, 0.3) is 0 Å². The number of rotatable bonds is 2. The average Bonchev–Trinajstić information content (AvgIpc) is 2.71. The first-order chi connectivity index (χ1) is 6.38. The smallest absolute Gasteiger partial charge is 0.168 e. The second kappa shape index (κ2) is 3.62. The van der Waals surface area contributed by atoms with Crippen LogP contribution in [-0.4, -0.2) is 21.7 Å². The zero-order chi connectivity index (χ0) is 9.10.